The molecule has 2 heteroatoms. The summed E-state index contributed by atoms with van der Waals surface area (Å²) in [5.74, 6) is 0.639. The van der Waals surface area contributed by atoms with Crippen LogP contribution in [0.25, 0.3) is 0 Å². The molecule has 1 nitrogen and oxygen atoms in total. The van der Waals surface area contributed by atoms with E-state index >= 15 is 0 Å². The van der Waals surface area contributed by atoms with Crippen molar-refractivity contribution in [3.8, 4) is 0 Å². The summed E-state index contributed by atoms with van der Waals surface area (Å²) in [5, 5.41) is 3.47. The molecule has 1 fully saturated rings. The zero-order chi connectivity index (χ0) is 10.2. The molecule has 1 N–H and O–H groups in total. The van der Waals surface area contributed by atoms with Gasteiger partial charge in [-0.05, 0) is 23.1 Å². The first-order valence-electron chi connectivity index (χ1n) is 5.06. The molecule has 1 aliphatic heterocycles. The number of hydrogen-bond acceptors (Lipinski definition) is 1. The molecule has 0 unspecified atom stereocenters. The molecule has 2 rings (SSSR count). The number of benzene rings is 1. The summed E-state index contributed by atoms with van der Waals surface area (Å²) in [7, 11) is 0. The Balaban J connectivity index is 2.31. The van der Waals surface area contributed by atoms with Crippen molar-refractivity contribution in [2.75, 3.05) is 13.1 Å². The van der Waals surface area contributed by atoms with Crippen LogP contribution >= 0.6 is 15.9 Å². The average molecular weight is 254 g/mol. The standard InChI is InChI=1S/C12H16BrN/c1-12(2)8-14-7-11(12)9-4-3-5-10(13)6-9/h3-6,11,14H,7-8H2,1-2H3/t11-/m1/s1. The zero-order valence-corrected chi connectivity index (χ0v) is 10.3. The Hall–Kier alpha value is -0.340. The molecule has 14 heavy (non-hydrogen) atoms. The van der Waals surface area contributed by atoms with Gasteiger partial charge in [0.1, 0.15) is 0 Å². The molecule has 0 saturated carbocycles. The molecular weight excluding hydrogens is 238 g/mol. The molecular formula is C12H16BrN. The molecule has 1 aromatic carbocycles. The average Bonchev–Trinajstić information content (AvgIpc) is 2.45. The van der Waals surface area contributed by atoms with Gasteiger partial charge in [0.25, 0.3) is 0 Å². The maximum absolute atomic E-state index is 3.53. The predicted molar refractivity (Wildman–Crippen MR) is 63.5 cm³/mol. The lowest BCUT2D eigenvalue weighted by molar-refractivity contribution is 0.363. The minimum atomic E-state index is 0.376. The van der Waals surface area contributed by atoms with E-state index in [1.54, 1.807) is 0 Å². The Morgan fingerprint density at radius 3 is 2.79 bits per heavy atom. The number of nitrogens with one attached hydrogen (secondary N) is 1. The second-order valence-electron chi connectivity index (χ2n) is 4.73. The quantitative estimate of drug-likeness (QED) is 0.811. The van der Waals surface area contributed by atoms with Crippen LogP contribution in [0.2, 0.25) is 0 Å². The summed E-state index contributed by atoms with van der Waals surface area (Å²) in [4.78, 5) is 0. The van der Waals surface area contributed by atoms with Crippen LogP contribution in [0.15, 0.2) is 28.7 Å². The Kier molecular flexibility index (Phi) is 2.67. The third kappa shape index (κ3) is 1.86. The van der Waals surface area contributed by atoms with Crippen molar-refractivity contribution in [1.82, 2.24) is 5.32 Å². The van der Waals surface area contributed by atoms with Gasteiger partial charge in [0.05, 0.1) is 0 Å². The fraction of sp³-hybridized carbons (Fsp3) is 0.500. The molecule has 1 aromatic rings. The van der Waals surface area contributed by atoms with Gasteiger partial charge in [0, 0.05) is 23.5 Å². The number of hydrogen-bond donors (Lipinski definition) is 1. The van der Waals surface area contributed by atoms with Gasteiger partial charge >= 0.3 is 0 Å². The summed E-state index contributed by atoms with van der Waals surface area (Å²) in [6, 6.07) is 8.66. The van der Waals surface area contributed by atoms with Crippen LogP contribution in [0.4, 0.5) is 0 Å². The van der Waals surface area contributed by atoms with Gasteiger partial charge in [0.15, 0.2) is 0 Å². The first kappa shape index (κ1) is 10.2. The third-order valence-electron chi connectivity index (χ3n) is 3.12. The normalized spacial score (nSPS) is 25.2. The van der Waals surface area contributed by atoms with Crippen molar-refractivity contribution in [1.29, 1.82) is 0 Å². The molecule has 76 valence electrons. The Morgan fingerprint density at radius 2 is 2.21 bits per heavy atom. The van der Waals surface area contributed by atoms with E-state index in [1.807, 2.05) is 0 Å². The van der Waals surface area contributed by atoms with E-state index < -0.39 is 0 Å². The van der Waals surface area contributed by atoms with Crippen LogP contribution < -0.4 is 5.32 Å². The van der Waals surface area contributed by atoms with Crippen LogP contribution in [0.5, 0.6) is 0 Å². The van der Waals surface area contributed by atoms with Crippen molar-refractivity contribution in [2.24, 2.45) is 5.41 Å². The third-order valence-corrected chi connectivity index (χ3v) is 3.62. The zero-order valence-electron chi connectivity index (χ0n) is 8.68. The first-order valence-corrected chi connectivity index (χ1v) is 5.85. The van der Waals surface area contributed by atoms with E-state index in [1.165, 1.54) is 10.0 Å². The van der Waals surface area contributed by atoms with Crippen molar-refractivity contribution in [3.63, 3.8) is 0 Å². The fourth-order valence-corrected chi connectivity index (χ4v) is 2.65. The number of halogens is 1. The van der Waals surface area contributed by atoms with Gasteiger partial charge in [-0.15, -0.1) is 0 Å². The minimum Gasteiger partial charge on any atom is -0.316 e. The molecule has 0 spiro atoms. The van der Waals surface area contributed by atoms with E-state index in [4.69, 9.17) is 0 Å². The molecule has 0 bridgehead atoms. The van der Waals surface area contributed by atoms with Crippen molar-refractivity contribution in [2.45, 2.75) is 19.8 Å². The summed E-state index contributed by atoms with van der Waals surface area (Å²) in [6.07, 6.45) is 0. The van der Waals surface area contributed by atoms with Gasteiger partial charge < -0.3 is 5.32 Å². The molecule has 1 atom stereocenters. The SMILES string of the molecule is CC1(C)CNC[C@@H]1c1cccc(Br)c1. The molecule has 1 heterocycles. The molecule has 0 amide bonds. The van der Waals surface area contributed by atoms with E-state index in [0.29, 0.717) is 11.3 Å². The highest BCUT2D eigenvalue weighted by atomic mass is 79.9. The smallest absolute Gasteiger partial charge is 0.0178 e. The molecule has 0 radical (unpaired) electrons. The molecule has 0 aromatic heterocycles. The lowest BCUT2D eigenvalue weighted by Gasteiger charge is -2.26. The largest absolute Gasteiger partial charge is 0.316 e. The maximum Gasteiger partial charge on any atom is 0.0178 e. The highest BCUT2D eigenvalue weighted by Gasteiger charge is 2.35. The Morgan fingerprint density at radius 1 is 1.43 bits per heavy atom. The Labute approximate surface area is 94.0 Å². The van der Waals surface area contributed by atoms with Gasteiger partial charge in [-0.1, -0.05) is 41.9 Å². The lowest BCUT2D eigenvalue weighted by Crippen LogP contribution is -2.20. The van der Waals surface area contributed by atoms with Gasteiger partial charge in [0.2, 0.25) is 0 Å². The topological polar surface area (TPSA) is 12.0 Å². The monoisotopic (exact) mass is 253 g/mol. The first-order chi connectivity index (χ1) is 6.59. The van der Waals surface area contributed by atoms with E-state index in [0.717, 1.165) is 13.1 Å². The minimum absolute atomic E-state index is 0.376. The van der Waals surface area contributed by atoms with Crippen LogP contribution in [-0.4, -0.2) is 13.1 Å². The lowest BCUT2D eigenvalue weighted by atomic mass is 9.78. The highest BCUT2D eigenvalue weighted by Crippen LogP contribution is 2.38. The summed E-state index contributed by atoms with van der Waals surface area (Å²) >= 11 is 3.53. The molecule has 1 aliphatic rings. The van der Waals surface area contributed by atoms with Gasteiger partial charge in [-0.2, -0.15) is 0 Å². The molecule has 1 saturated heterocycles. The number of rotatable bonds is 1. The summed E-state index contributed by atoms with van der Waals surface area (Å²) in [5.41, 5.74) is 1.82. The predicted octanol–water partition coefficient (Wildman–Crippen LogP) is 3.16. The van der Waals surface area contributed by atoms with Crippen LogP contribution in [0.3, 0.4) is 0 Å². The van der Waals surface area contributed by atoms with Gasteiger partial charge in [-0.25, -0.2) is 0 Å². The van der Waals surface area contributed by atoms with E-state index in [2.05, 4.69) is 59.4 Å². The van der Waals surface area contributed by atoms with Crippen LogP contribution in [0, 0.1) is 5.41 Å². The second kappa shape index (κ2) is 3.67. The highest BCUT2D eigenvalue weighted by molar-refractivity contribution is 9.10. The molecule has 0 aliphatic carbocycles. The van der Waals surface area contributed by atoms with Crippen LogP contribution in [0.1, 0.15) is 25.3 Å². The summed E-state index contributed by atoms with van der Waals surface area (Å²) < 4.78 is 1.18. The second-order valence-corrected chi connectivity index (χ2v) is 5.64. The van der Waals surface area contributed by atoms with E-state index in [9.17, 15) is 0 Å². The Bertz CT molecular complexity index is 333. The van der Waals surface area contributed by atoms with Crippen molar-refractivity contribution < 1.29 is 0 Å². The summed E-state index contributed by atoms with van der Waals surface area (Å²) in [6.45, 7) is 6.88. The van der Waals surface area contributed by atoms with Crippen molar-refractivity contribution in [3.05, 3.63) is 34.3 Å². The van der Waals surface area contributed by atoms with Crippen molar-refractivity contribution >= 4 is 15.9 Å². The maximum atomic E-state index is 3.53. The fourth-order valence-electron chi connectivity index (χ4n) is 2.23. The van der Waals surface area contributed by atoms with E-state index in [-0.39, 0.29) is 0 Å². The van der Waals surface area contributed by atoms with Crippen LogP contribution in [-0.2, 0) is 0 Å². The van der Waals surface area contributed by atoms with Gasteiger partial charge in [-0.3, -0.25) is 0 Å².